The van der Waals surface area contributed by atoms with Gasteiger partial charge in [-0.3, -0.25) is 0 Å². The minimum atomic E-state index is 0.526. The van der Waals surface area contributed by atoms with Crippen molar-refractivity contribution < 1.29 is 14.2 Å². The molecule has 0 bridgehead atoms. The predicted octanol–water partition coefficient (Wildman–Crippen LogP) is 3.14. The lowest BCUT2D eigenvalue weighted by molar-refractivity contribution is 0.318. The number of thiocarbonyl (C=S) groups is 1. The largest absolute Gasteiger partial charge is 0.497 e. The summed E-state index contributed by atoms with van der Waals surface area (Å²) in [6.07, 6.45) is 0. The third kappa shape index (κ3) is 6.89. The molecule has 0 heterocycles. The van der Waals surface area contributed by atoms with Crippen LogP contribution in [-0.2, 0) is 6.54 Å². The van der Waals surface area contributed by atoms with E-state index in [-0.39, 0.29) is 0 Å². The Morgan fingerprint density at radius 2 is 1.48 bits per heavy atom. The zero-order chi connectivity index (χ0) is 17.9. The number of rotatable bonds is 9. The molecule has 0 amide bonds. The fourth-order valence-corrected chi connectivity index (χ4v) is 2.29. The highest BCUT2D eigenvalue weighted by Crippen LogP contribution is 2.17. The molecule has 0 fully saturated rings. The van der Waals surface area contributed by atoms with Crippen LogP contribution in [0.2, 0.25) is 0 Å². The van der Waals surface area contributed by atoms with Crippen molar-refractivity contribution in [2.45, 2.75) is 13.5 Å². The molecule has 0 saturated carbocycles. The summed E-state index contributed by atoms with van der Waals surface area (Å²) >= 11 is 5.26. The molecular weight excluding hydrogens is 336 g/mol. The second-order valence-electron chi connectivity index (χ2n) is 5.21. The van der Waals surface area contributed by atoms with Gasteiger partial charge in [-0.15, -0.1) is 0 Å². The summed E-state index contributed by atoms with van der Waals surface area (Å²) in [5.41, 5.74) is 1.13. The molecule has 6 heteroatoms. The van der Waals surface area contributed by atoms with Crippen LogP contribution in [0, 0.1) is 0 Å². The van der Waals surface area contributed by atoms with Crippen LogP contribution in [-0.4, -0.2) is 32.0 Å². The van der Waals surface area contributed by atoms with Gasteiger partial charge < -0.3 is 24.8 Å². The monoisotopic (exact) mass is 360 g/mol. The molecule has 2 rings (SSSR count). The number of hydrogen-bond donors (Lipinski definition) is 2. The molecule has 0 aliphatic carbocycles. The van der Waals surface area contributed by atoms with E-state index in [1.54, 1.807) is 7.11 Å². The lowest BCUT2D eigenvalue weighted by Gasteiger charge is -2.12. The zero-order valence-corrected chi connectivity index (χ0v) is 15.4. The van der Waals surface area contributed by atoms with Crippen LogP contribution in [0.25, 0.3) is 0 Å². The molecule has 0 unspecified atom stereocenters. The summed E-state index contributed by atoms with van der Waals surface area (Å²) in [6, 6.07) is 15.4. The van der Waals surface area contributed by atoms with Gasteiger partial charge in [-0.05, 0) is 61.1 Å². The lowest BCUT2D eigenvalue weighted by atomic mass is 10.2. The van der Waals surface area contributed by atoms with Crippen LogP contribution >= 0.6 is 12.2 Å². The van der Waals surface area contributed by atoms with E-state index >= 15 is 0 Å². The number of methoxy groups -OCH3 is 1. The van der Waals surface area contributed by atoms with Crippen molar-refractivity contribution in [2.75, 3.05) is 26.9 Å². The second-order valence-corrected chi connectivity index (χ2v) is 5.62. The first-order valence-corrected chi connectivity index (χ1v) is 8.62. The maximum Gasteiger partial charge on any atom is 0.166 e. The van der Waals surface area contributed by atoms with E-state index in [0.717, 1.165) is 22.8 Å². The van der Waals surface area contributed by atoms with Gasteiger partial charge in [0.2, 0.25) is 0 Å². The van der Waals surface area contributed by atoms with Crippen LogP contribution < -0.4 is 24.8 Å². The Morgan fingerprint density at radius 3 is 2.08 bits per heavy atom. The molecule has 0 atom stereocenters. The van der Waals surface area contributed by atoms with E-state index in [0.29, 0.717) is 31.4 Å². The summed E-state index contributed by atoms with van der Waals surface area (Å²) < 4.78 is 16.2. The average Bonchev–Trinajstić information content (AvgIpc) is 2.65. The molecule has 0 saturated heterocycles. The van der Waals surface area contributed by atoms with Crippen molar-refractivity contribution in [1.82, 2.24) is 10.6 Å². The van der Waals surface area contributed by atoms with E-state index in [1.807, 2.05) is 55.5 Å². The standard InChI is InChI=1S/C19H24N2O3S/c1-3-23-17-8-10-18(11-9-17)24-13-12-20-19(25)21-14-15-4-6-16(22-2)7-5-15/h4-11H,3,12-14H2,1-2H3,(H2,20,21,25). The highest BCUT2D eigenvalue weighted by Gasteiger charge is 1.99. The summed E-state index contributed by atoms with van der Waals surface area (Å²) in [7, 11) is 1.65. The molecule has 25 heavy (non-hydrogen) atoms. The molecule has 5 nitrogen and oxygen atoms in total. The Hall–Kier alpha value is -2.47. The third-order valence-corrected chi connectivity index (χ3v) is 3.69. The number of hydrogen-bond acceptors (Lipinski definition) is 4. The molecule has 2 aromatic rings. The van der Waals surface area contributed by atoms with Crippen LogP contribution in [0.3, 0.4) is 0 Å². The van der Waals surface area contributed by atoms with E-state index in [9.17, 15) is 0 Å². The molecular formula is C19H24N2O3S. The smallest absolute Gasteiger partial charge is 0.166 e. The van der Waals surface area contributed by atoms with Crippen molar-refractivity contribution in [3.8, 4) is 17.2 Å². The first kappa shape index (κ1) is 18.9. The van der Waals surface area contributed by atoms with E-state index in [1.165, 1.54) is 0 Å². The van der Waals surface area contributed by atoms with Crippen molar-refractivity contribution in [3.05, 3.63) is 54.1 Å². The Labute approximate surface area is 154 Å². The van der Waals surface area contributed by atoms with Gasteiger partial charge in [0, 0.05) is 6.54 Å². The normalized spacial score (nSPS) is 10.0. The van der Waals surface area contributed by atoms with Crippen molar-refractivity contribution in [2.24, 2.45) is 0 Å². The van der Waals surface area contributed by atoms with Gasteiger partial charge in [0.1, 0.15) is 23.9 Å². The van der Waals surface area contributed by atoms with Crippen molar-refractivity contribution in [3.63, 3.8) is 0 Å². The molecule has 0 aromatic heterocycles. The summed E-state index contributed by atoms with van der Waals surface area (Å²) in [5, 5.41) is 6.89. The third-order valence-electron chi connectivity index (χ3n) is 3.40. The van der Waals surface area contributed by atoms with Gasteiger partial charge in [0.05, 0.1) is 20.3 Å². The Morgan fingerprint density at radius 1 is 0.880 bits per heavy atom. The summed E-state index contributed by atoms with van der Waals surface area (Å²) in [5.74, 6) is 2.50. The van der Waals surface area contributed by atoms with Crippen LogP contribution in [0.5, 0.6) is 17.2 Å². The zero-order valence-electron chi connectivity index (χ0n) is 14.6. The van der Waals surface area contributed by atoms with Gasteiger partial charge in [0.25, 0.3) is 0 Å². The van der Waals surface area contributed by atoms with E-state index in [2.05, 4.69) is 10.6 Å². The highest BCUT2D eigenvalue weighted by molar-refractivity contribution is 7.80. The maximum atomic E-state index is 5.66. The SMILES string of the molecule is CCOc1ccc(OCCNC(=S)NCc2ccc(OC)cc2)cc1. The van der Waals surface area contributed by atoms with Gasteiger partial charge in [0.15, 0.2) is 5.11 Å². The summed E-state index contributed by atoms with van der Waals surface area (Å²) in [4.78, 5) is 0. The van der Waals surface area contributed by atoms with Crippen LogP contribution in [0.1, 0.15) is 12.5 Å². The molecule has 2 N–H and O–H groups in total. The first-order valence-electron chi connectivity index (χ1n) is 8.21. The van der Waals surface area contributed by atoms with Crippen LogP contribution in [0.15, 0.2) is 48.5 Å². The van der Waals surface area contributed by atoms with Crippen molar-refractivity contribution >= 4 is 17.3 Å². The first-order chi connectivity index (χ1) is 12.2. The molecule has 0 radical (unpaired) electrons. The number of benzene rings is 2. The fourth-order valence-electron chi connectivity index (χ4n) is 2.12. The Bertz CT molecular complexity index is 645. The second kappa shape index (κ2) is 10.4. The van der Waals surface area contributed by atoms with E-state index in [4.69, 9.17) is 26.4 Å². The van der Waals surface area contributed by atoms with Gasteiger partial charge >= 0.3 is 0 Å². The van der Waals surface area contributed by atoms with Gasteiger partial charge in [-0.25, -0.2) is 0 Å². The average molecular weight is 360 g/mol. The molecule has 134 valence electrons. The quantitative estimate of drug-likeness (QED) is 0.529. The maximum absolute atomic E-state index is 5.66. The van der Waals surface area contributed by atoms with Crippen molar-refractivity contribution in [1.29, 1.82) is 0 Å². The molecule has 0 aliphatic rings. The van der Waals surface area contributed by atoms with Gasteiger partial charge in [-0.2, -0.15) is 0 Å². The molecule has 0 spiro atoms. The van der Waals surface area contributed by atoms with Gasteiger partial charge in [-0.1, -0.05) is 12.1 Å². The minimum absolute atomic E-state index is 0.526. The van der Waals surface area contributed by atoms with Crippen LogP contribution in [0.4, 0.5) is 0 Å². The lowest BCUT2D eigenvalue weighted by Crippen LogP contribution is -2.37. The Kier molecular flexibility index (Phi) is 7.85. The molecule has 0 aliphatic heterocycles. The predicted molar refractivity (Wildman–Crippen MR) is 104 cm³/mol. The van der Waals surface area contributed by atoms with E-state index < -0.39 is 0 Å². The fraction of sp³-hybridized carbons (Fsp3) is 0.316. The minimum Gasteiger partial charge on any atom is -0.497 e. The number of nitrogens with one attached hydrogen (secondary N) is 2. The number of ether oxygens (including phenoxy) is 3. The topological polar surface area (TPSA) is 51.8 Å². The Balaban J connectivity index is 1.61. The molecule has 2 aromatic carbocycles. The highest BCUT2D eigenvalue weighted by atomic mass is 32.1. The summed E-state index contributed by atoms with van der Waals surface area (Å²) in [6.45, 7) is 4.43.